The third kappa shape index (κ3) is 4.21. The van der Waals surface area contributed by atoms with Crippen molar-refractivity contribution in [3.05, 3.63) is 48.2 Å². The molecule has 0 atom stereocenters. The summed E-state index contributed by atoms with van der Waals surface area (Å²) in [5.41, 5.74) is 1.31. The summed E-state index contributed by atoms with van der Waals surface area (Å²) in [5.74, 6) is 1.90. The summed E-state index contributed by atoms with van der Waals surface area (Å²) in [4.78, 5) is 14.0. The van der Waals surface area contributed by atoms with E-state index in [1.54, 1.807) is 0 Å². The molecule has 0 saturated carbocycles. The van der Waals surface area contributed by atoms with Crippen LogP contribution in [0.2, 0.25) is 0 Å². The van der Waals surface area contributed by atoms with Crippen molar-refractivity contribution in [1.29, 1.82) is 0 Å². The van der Waals surface area contributed by atoms with Gasteiger partial charge in [-0.2, -0.15) is 4.98 Å². The molecule has 0 N–H and O–H groups in total. The Morgan fingerprint density at radius 1 is 1.00 bits per heavy atom. The lowest BCUT2D eigenvalue weighted by Crippen LogP contribution is -2.28. The zero-order valence-electron chi connectivity index (χ0n) is 14.0. The van der Waals surface area contributed by atoms with Gasteiger partial charge in [0, 0.05) is 32.4 Å². The largest absolute Gasteiger partial charge is 0.352 e. The Balaban J connectivity index is 1.76. The number of aromatic nitrogens is 2. The minimum absolute atomic E-state index is 0.883. The van der Waals surface area contributed by atoms with Crippen molar-refractivity contribution in [1.82, 2.24) is 9.97 Å². The van der Waals surface area contributed by atoms with E-state index in [4.69, 9.17) is 4.98 Å². The third-order valence-corrected chi connectivity index (χ3v) is 4.44. The average molecular weight is 310 g/mol. The van der Waals surface area contributed by atoms with E-state index in [-0.39, 0.29) is 0 Å². The van der Waals surface area contributed by atoms with Crippen LogP contribution in [0.25, 0.3) is 0 Å². The van der Waals surface area contributed by atoms with E-state index >= 15 is 0 Å². The topological polar surface area (TPSA) is 32.3 Å². The third-order valence-electron chi connectivity index (χ3n) is 4.44. The van der Waals surface area contributed by atoms with Crippen LogP contribution in [0.1, 0.15) is 38.2 Å². The maximum absolute atomic E-state index is 4.85. The van der Waals surface area contributed by atoms with Gasteiger partial charge in [-0.1, -0.05) is 43.2 Å². The van der Waals surface area contributed by atoms with Gasteiger partial charge in [0.25, 0.3) is 0 Å². The molecule has 23 heavy (non-hydrogen) atoms. The Bertz CT molecular complexity index is 591. The van der Waals surface area contributed by atoms with Gasteiger partial charge < -0.3 is 9.80 Å². The van der Waals surface area contributed by atoms with Crippen molar-refractivity contribution in [3.63, 3.8) is 0 Å². The minimum atomic E-state index is 0.883. The smallest absolute Gasteiger partial charge is 0.227 e. The number of nitrogens with zero attached hydrogens (tertiary/aromatic N) is 4. The van der Waals surface area contributed by atoms with Crippen LogP contribution in [0.4, 0.5) is 11.8 Å². The molecule has 3 rings (SSSR count). The van der Waals surface area contributed by atoms with Crippen molar-refractivity contribution < 1.29 is 0 Å². The van der Waals surface area contributed by atoms with Crippen LogP contribution in [0.5, 0.6) is 0 Å². The van der Waals surface area contributed by atoms with Gasteiger partial charge in [-0.05, 0) is 31.4 Å². The van der Waals surface area contributed by atoms with E-state index in [2.05, 4.69) is 52.0 Å². The molecule has 4 nitrogen and oxygen atoms in total. The first-order valence-electron chi connectivity index (χ1n) is 8.73. The molecular weight excluding hydrogens is 284 g/mol. The van der Waals surface area contributed by atoms with E-state index in [9.17, 15) is 0 Å². The van der Waals surface area contributed by atoms with E-state index in [1.807, 2.05) is 12.3 Å². The summed E-state index contributed by atoms with van der Waals surface area (Å²) in [5, 5.41) is 0. The van der Waals surface area contributed by atoms with Crippen LogP contribution in [-0.4, -0.2) is 29.6 Å². The van der Waals surface area contributed by atoms with E-state index in [1.165, 1.54) is 31.2 Å². The fourth-order valence-electron chi connectivity index (χ4n) is 3.10. The molecule has 0 radical (unpaired) electrons. The predicted octanol–water partition coefficient (Wildman–Crippen LogP) is 3.88. The van der Waals surface area contributed by atoms with Crippen molar-refractivity contribution in [3.8, 4) is 0 Å². The lowest BCUT2D eigenvalue weighted by molar-refractivity contribution is 0.726. The van der Waals surface area contributed by atoms with Gasteiger partial charge in [-0.15, -0.1) is 0 Å². The molecule has 122 valence electrons. The number of hydrogen-bond acceptors (Lipinski definition) is 4. The predicted molar refractivity (Wildman–Crippen MR) is 95.9 cm³/mol. The van der Waals surface area contributed by atoms with Crippen LogP contribution in [-0.2, 0) is 6.54 Å². The van der Waals surface area contributed by atoms with E-state index < -0.39 is 0 Å². The van der Waals surface area contributed by atoms with Crippen LogP contribution >= 0.6 is 0 Å². The van der Waals surface area contributed by atoms with Crippen molar-refractivity contribution in [2.24, 2.45) is 0 Å². The lowest BCUT2D eigenvalue weighted by atomic mass is 10.2. The summed E-state index contributed by atoms with van der Waals surface area (Å²) >= 11 is 0. The standard InChI is InChI=1S/C19H26N4/c1-2-22(16-17-10-6-5-7-11-17)18-12-13-20-19(21-18)23-14-8-3-4-9-15-23/h5-7,10-13H,2-4,8-9,14-16H2,1H3. The summed E-state index contributed by atoms with van der Waals surface area (Å²) < 4.78 is 0. The second kappa shape index (κ2) is 7.95. The van der Waals surface area contributed by atoms with Gasteiger partial charge >= 0.3 is 0 Å². The molecule has 1 aromatic carbocycles. The first-order chi connectivity index (χ1) is 11.4. The number of hydrogen-bond donors (Lipinski definition) is 0. The van der Waals surface area contributed by atoms with Gasteiger partial charge in [-0.3, -0.25) is 0 Å². The molecule has 0 aliphatic carbocycles. The summed E-state index contributed by atoms with van der Waals surface area (Å²) in [6, 6.07) is 12.6. The normalized spacial score (nSPS) is 15.3. The van der Waals surface area contributed by atoms with Gasteiger partial charge in [0.1, 0.15) is 5.82 Å². The molecule has 0 unspecified atom stereocenters. The Hall–Kier alpha value is -2.10. The molecule has 0 spiro atoms. The molecule has 0 amide bonds. The van der Waals surface area contributed by atoms with Gasteiger partial charge in [0.2, 0.25) is 5.95 Å². The molecule has 2 heterocycles. The molecule has 4 heteroatoms. The Kier molecular flexibility index (Phi) is 5.46. The first kappa shape index (κ1) is 15.8. The Morgan fingerprint density at radius 2 is 1.74 bits per heavy atom. The number of rotatable bonds is 5. The Morgan fingerprint density at radius 3 is 2.43 bits per heavy atom. The lowest BCUT2D eigenvalue weighted by Gasteiger charge is -2.25. The molecule has 1 fully saturated rings. The van der Waals surface area contributed by atoms with Crippen molar-refractivity contribution >= 4 is 11.8 Å². The zero-order valence-corrected chi connectivity index (χ0v) is 14.0. The van der Waals surface area contributed by atoms with Gasteiger partial charge in [0.05, 0.1) is 0 Å². The molecule has 1 aliphatic rings. The van der Waals surface area contributed by atoms with E-state index in [0.29, 0.717) is 0 Å². The highest BCUT2D eigenvalue weighted by atomic mass is 15.3. The molecule has 0 bridgehead atoms. The van der Waals surface area contributed by atoms with Gasteiger partial charge in [0.15, 0.2) is 0 Å². The molecule has 1 saturated heterocycles. The molecule has 1 aromatic heterocycles. The molecule has 2 aromatic rings. The van der Waals surface area contributed by atoms with Crippen LogP contribution in [0, 0.1) is 0 Å². The second-order valence-corrected chi connectivity index (χ2v) is 6.12. The maximum atomic E-state index is 4.85. The van der Waals surface area contributed by atoms with Crippen LogP contribution in [0.3, 0.4) is 0 Å². The maximum Gasteiger partial charge on any atom is 0.227 e. The monoisotopic (exact) mass is 310 g/mol. The van der Waals surface area contributed by atoms with Crippen LogP contribution in [0.15, 0.2) is 42.6 Å². The summed E-state index contributed by atoms with van der Waals surface area (Å²) in [6.07, 6.45) is 7.04. The first-order valence-corrected chi connectivity index (χ1v) is 8.73. The Labute approximate surface area is 139 Å². The van der Waals surface area contributed by atoms with Crippen LogP contribution < -0.4 is 9.80 Å². The molecule has 1 aliphatic heterocycles. The highest BCUT2D eigenvalue weighted by molar-refractivity contribution is 5.44. The fourth-order valence-corrected chi connectivity index (χ4v) is 3.10. The summed E-state index contributed by atoms with van der Waals surface area (Å²) in [7, 11) is 0. The second-order valence-electron chi connectivity index (χ2n) is 6.12. The SMILES string of the molecule is CCN(Cc1ccccc1)c1ccnc(N2CCCCCC2)n1. The highest BCUT2D eigenvalue weighted by Gasteiger charge is 2.14. The fraction of sp³-hybridized carbons (Fsp3) is 0.474. The number of benzene rings is 1. The molecular formula is C19H26N4. The highest BCUT2D eigenvalue weighted by Crippen LogP contribution is 2.20. The summed E-state index contributed by atoms with van der Waals surface area (Å²) in [6.45, 7) is 6.15. The quantitative estimate of drug-likeness (QED) is 0.839. The van der Waals surface area contributed by atoms with E-state index in [0.717, 1.165) is 37.9 Å². The van der Waals surface area contributed by atoms with Crippen molar-refractivity contribution in [2.45, 2.75) is 39.2 Å². The minimum Gasteiger partial charge on any atom is -0.352 e. The average Bonchev–Trinajstić information content (AvgIpc) is 2.90. The zero-order chi connectivity index (χ0) is 15.9. The van der Waals surface area contributed by atoms with Gasteiger partial charge in [-0.25, -0.2) is 4.98 Å². The number of anilines is 2. The van der Waals surface area contributed by atoms with Crippen molar-refractivity contribution in [2.75, 3.05) is 29.4 Å².